The summed E-state index contributed by atoms with van der Waals surface area (Å²) in [4.78, 5) is 4.06. The lowest BCUT2D eigenvalue weighted by atomic mass is 10.1. The molecule has 2 nitrogen and oxygen atoms in total. The molecule has 0 aromatic carbocycles. The molecule has 13 heavy (non-hydrogen) atoms. The summed E-state index contributed by atoms with van der Waals surface area (Å²) in [6.07, 6.45) is 3.71. The van der Waals surface area contributed by atoms with Gasteiger partial charge in [-0.05, 0) is 31.4 Å². The van der Waals surface area contributed by atoms with Crippen LogP contribution in [0, 0.1) is 12.8 Å². The lowest BCUT2D eigenvalue weighted by Gasteiger charge is -2.19. The van der Waals surface area contributed by atoms with E-state index < -0.39 is 0 Å². The highest BCUT2D eigenvalue weighted by molar-refractivity contribution is 5.49. The Bertz CT molecular complexity index is 269. The van der Waals surface area contributed by atoms with Crippen LogP contribution in [0.3, 0.4) is 0 Å². The molecule has 0 aliphatic carbocycles. The second kappa shape index (κ2) is 4.26. The number of anilines is 1. The van der Waals surface area contributed by atoms with Crippen molar-refractivity contribution < 1.29 is 0 Å². The smallest absolute Gasteiger partial charge is 0.0402 e. The average Bonchev–Trinajstić information content (AvgIpc) is 2.08. The van der Waals surface area contributed by atoms with Gasteiger partial charge in [-0.25, -0.2) is 0 Å². The van der Waals surface area contributed by atoms with E-state index in [-0.39, 0.29) is 0 Å². The van der Waals surface area contributed by atoms with Crippen molar-refractivity contribution in [2.75, 3.05) is 5.32 Å². The maximum absolute atomic E-state index is 4.06. The maximum Gasteiger partial charge on any atom is 0.0402 e. The predicted octanol–water partition coefficient (Wildman–Crippen LogP) is 2.85. The summed E-state index contributed by atoms with van der Waals surface area (Å²) in [5.74, 6) is 0.646. The number of aryl methyl sites for hydroxylation is 1. The lowest BCUT2D eigenvalue weighted by molar-refractivity contribution is 0.559. The maximum atomic E-state index is 4.06. The van der Waals surface area contributed by atoms with Crippen molar-refractivity contribution in [1.82, 2.24) is 4.98 Å². The highest BCUT2D eigenvalue weighted by Gasteiger charge is 2.07. The summed E-state index contributed by atoms with van der Waals surface area (Å²) >= 11 is 0. The molecule has 2 heteroatoms. The molecular weight excluding hydrogens is 160 g/mol. The fourth-order valence-corrected chi connectivity index (χ4v) is 1.05. The zero-order chi connectivity index (χ0) is 9.84. The molecule has 72 valence electrons. The van der Waals surface area contributed by atoms with E-state index in [2.05, 4.69) is 38.0 Å². The third-order valence-electron chi connectivity index (χ3n) is 2.40. The second-order valence-corrected chi connectivity index (χ2v) is 3.87. The Morgan fingerprint density at radius 3 is 2.54 bits per heavy atom. The van der Waals surface area contributed by atoms with E-state index in [1.165, 1.54) is 11.3 Å². The Morgan fingerprint density at radius 2 is 2.00 bits per heavy atom. The molecule has 1 aromatic rings. The molecule has 0 fully saturated rings. The second-order valence-electron chi connectivity index (χ2n) is 3.87. The van der Waals surface area contributed by atoms with Crippen LogP contribution in [0.25, 0.3) is 0 Å². The van der Waals surface area contributed by atoms with E-state index in [0.717, 1.165) is 0 Å². The van der Waals surface area contributed by atoms with Gasteiger partial charge in [0.2, 0.25) is 0 Å². The third-order valence-corrected chi connectivity index (χ3v) is 2.40. The van der Waals surface area contributed by atoms with Crippen LogP contribution in [-0.2, 0) is 0 Å². The molecule has 0 spiro atoms. The standard InChI is InChI=1S/C11H18N2/c1-8(2)10(4)13-11-5-6-12-7-9(11)3/h5-8,10H,1-4H3,(H,12,13)/t10-/m0/s1. The fraction of sp³-hybridized carbons (Fsp3) is 0.545. The molecule has 1 aromatic heterocycles. The van der Waals surface area contributed by atoms with Crippen LogP contribution in [-0.4, -0.2) is 11.0 Å². The Kier molecular flexibility index (Phi) is 3.29. The van der Waals surface area contributed by atoms with Crippen LogP contribution >= 0.6 is 0 Å². The minimum atomic E-state index is 0.501. The fourth-order valence-electron chi connectivity index (χ4n) is 1.05. The van der Waals surface area contributed by atoms with Crippen LogP contribution < -0.4 is 5.32 Å². The van der Waals surface area contributed by atoms with Gasteiger partial charge in [0.15, 0.2) is 0 Å². The number of nitrogens with one attached hydrogen (secondary N) is 1. The van der Waals surface area contributed by atoms with E-state index in [1.54, 1.807) is 0 Å². The molecule has 0 aliphatic heterocycles. The molecule has 0 radical (unpaired) electrons. The van der Waals surface area contributed by atoms with Gasteiger partial charge in [-0.3, -0.25) is 4.98 Å². The van der Waals surface area contributed by atoms with Crippen molar-refractivity contribution in [3.05, 3.63) is 24.0 Å². The van der Waals surface area contributed by atoms with E-state index in [0.29, 0.717) is 12.0 Å². The summed E-state index contributed by atoms with van der Waals surface area (Å²) < 4.78 is 0. The Hall–Kier alpha value is -1.05. The quantitative estimate of drug-likeness (QED) is 0.769. The van der Waals surface area contributed by atoms with Crippen molar-refractivity contribution in [1.29, 1.82) is 0 Å². The molecule has 1 rings (SSSR count). The molecule has 0 saturated heterocycles. The average molecular weight is 178 g/mol. The van der Waals surface area contributed by atoms with E-state index in [1.807, 2.05) is 18.5 Å². The van der Waals surface area contributed by atoms with Gasteiger partial charge in [0, 0.05) is 24.1 Å². The summed E-state index contributed by atoms with van der Waals surface area (Å²) in [5.41, 5.74) is 2.39. The Morgan fingerprint density at radius 1 is 1.31 bits per heavy atom. The topological polar surface area (TPSA) is 24.9 Å². The highest BCUT2D eigenvalue weighted by atomic mass is 14.9. The molecule has 1 heterocycles. The number of rotatable bonds is 3. The largest absolute Gasteiger partial charge is 0.382 e. The third kappa shape index (κ3) is 2.72. The van der Waals surface area contributed by atoms with Gasteiger partial charge in [-0.2, -0.15) is 0 Å². The summed E-state index contributed by atoms with van der Waals surface area (Å²) in [6, 6.07) is 2.52. The minimum Gasteiger partial charge on any atom is -0.382 e. The minimum absolute atomic E-state index is 0.501. The first-order valence-electron chi connectivity index (χ1n) is 4.78. The number of aromatic nitrogens is 1. The van der Waals surface area contributed by atoms with Crippen molar-refractivity contribution in [3.63, 3.8) is 0 Å². The first-order valence-corrected chi connectivity index (χ1v) is 4.78. The number of nitrogens with zero attached hydrogens (tertiary/aromatic N) is 1. The molecule has 1 N–H and O–H groups in total. The van der Waals surface area contributed by atoms with E-state index in [9.17, 15) is 0 Å². The van der Waals surface area contributed by atoms with Gasteiger partial charge in [0.1, 0.15) is 0 Å². The van der Waals surface area contributed by atoms with Crippen molar-refractivity contribution in [3.8, 4) is 0 Å². The van der Waals surface area contributed by atoms with Gasteiger partial charge in [0.25, 0.3) is 0 Å². The summed E-state index contributed by atoms with van der Waals surface area (Å²) in [7, 11) is 0. The van der Waals surface area contributed by atoms with Gasteiger partial charge in [0.05, 0.1) is 0 Å². The molecule has 0 aliphatic rings. The summed E-state index contributed by atoms with van der Waals surface area (Å²) in [5, 5.41) is 3.47. The monoisotopic (exact) mass is 178 g/mol. The van der Waals surface area contributed by atoms with E-state index in [4.69, 9.17) is 0 Å². The van der Waals surface area contributed by atoms with Gasteiger partial charge >= 0.3 is 0 Å². The Balaban J connectivity index is 2.69. The first-order chi connectivity index (χ1) is 6.11. The molecular formula is C11H18N2. The molecule has 0 unspecified atom stereocenters. The summed E-state index contributed by atoms with van der Waals surface area (Å²) in [6.45, 7) is 8.70. The van der Waals surface area contributed by atoms with Crippen LogP contribution in [0.5, 0.6) is 0 Å². The molecule has 0 saturated carbocycles. The molecule has 0 amide bonds. The van der Waals surface area contributed by atoms with Crippen molar-refractivity contribution >= 4 is 5.69 Å². The predicted molar refractivity (Wildman–Crippen MR) is 56.9 cm³/mol. The van der Waals surface area contributed by atoms with Crippen molar-refractivity contribution in [2.24, 2.45) is 5.92 Å². The number of hydrogen-bond donors (Lipinski definition) is 1. The number of pyridine rings is 1. The van der Waals surface area contributed by atoms with Crippen molar-refractivity contribution in [2.45, 2.75) is 33.7 Å². The van der Waals surface area contributed by atoms with Gasteiger partial charge < -0.3 is 5.32 Å². The normalized spacial score (nSPS) is 13.0. The van der Waals surface area contributed by atoms with Gasteiger partial charge in [-0.1, -0.05) is 13.8 Å². The first kappa shape index (κ1) is 10.0. The van der Waals surface area contributed by atoms with Crippen LogP contribution in [0.15, 0.2) is 18.5 Å². The van der Waals surface area contributed by atoms with Crippen LogP contribution in [0.2, 0.25) is 0 Å². The van der Waals surface area contributed by atoms with Crippen LogP contribution in [0.4, 0.5) is 5.69 Å². The van der Waals surface area contributed by atoms with Gasteiger partial charge in [-0.15, -0.1) is 0 Å². The molecule has 0 bridgehead atoms. The SMILES string of the molecule is Cc1cnccc1N[C@@H](C)C(C)C. The lowest BCUT2D eigenvalue weighted by Crippen LogP contribution is -2.21. The number of hydrogen-bond acceptors (Lipinski definition) is 2. The van der Waals surface area contributed by atoms with E-state index >= 15 is 0 Å². The molecule has 1 atom stereocenters. The highest BCUT2D eigenvalue weighted by Crippen LogP contribution is 2.15. The van der Waals surface area contributed by atoms with Crippen LogP contribution in [0.1, 0.15) is 26.3 Å². The Labute approximate surface area is 80.4 Å². The zero-order valence-corrected chi connectivity index (χ0v) is 8.83. The zero-order valence-electron chi connectivity index (χ0n) is 8.83.